The normalized spacial score (nSPS) is 16.2. The number of aromatic nitrogens is 4. The van der Waals surface area contributed by atoms with Gasteiger partial charge in [-0.2, -0.15) is 13.9 Å². The summed E-state index contributed by atoms with van der Waals surface area (Å²) >= 11 is 0. The Hall–Kier alpha value is -2.92. The molecule has 3 aromatic rings. The van der Waals surface area contributed by atoms with Crippen LogP contribution in [0.25, 0.3) is 5.78 Å². The average molecular weight is 401 g/mol. The molecule has 0 radical (unpaired) electrons. The third-order valence-electron chi connectivity index (χ3n) is 4.64. The first-order valence-corrected chi connectivity index (χ1v) is 10.4. The van der Waals surface area contributed by atoms with Gasteiger partial charge in [-0.25, -0.2) is 18.4 Å². The molecule has 2 aromatic heterocycles. The van der Waals surface area contributed by atoms with E-state index in [1.807, 2.05) is 0 Å². The van der Waals surface area contributed by atoms with E-state index in [1.54, 1.807) is 19.1 Å². The molecule has 0 aliphatic carbocycles. The van der Waals surface area contributed by atoms with Gasteiger partial charge in [0.15, 0.2) is 5.69 Å². The van der Waals surface area contributed by atoms with Crippen LogP contribution in [0, 0.1) is 6.92 Å². The highest BCUT2D eigenvalue weighted by atomic mass is 32.2. The number of benzene rings is 1. The van der Waals surface area contributed by atoms with Crippen molar-refractivity contribution in [1.29, 1.82) is 0 Å². The molecule has 1 saturated heterocycles. The van der Waals surface area contributed by atoms with Gasteiger partial charge in [-0.3, -0.25) is 9.89 Å². The third kappa shape index (κ3) is 3.34. The lowest BCUT2D eigenvalue weighted by atomic mass is 10.2. The first-order valence-electron chi connectivity index (χ1n) is 8.91. The fourth-order valence-corrected chi connectivity index (χ4v) is 4.63. The number of piperidine rings is 1. The Morgan fingerprint density at radius 3 is 2.50 bits per heavy atom. The summed E-state index contributed by atoms with van der Waals surface area (Å²) in [5.41, 5.74) is 0.524. The molecular formula is C17H19N7O3S. The van der Waals surface area contributed by atoms with Crippen molar-refractivity contribution in [3.63, 3.8) is 0 Å². The van der Waals surface area contributed by atoms with E-state index < -0.39 is 15.6 Å². The Morgan fingerprint density at radius 2 is 1.79 bits per heavy atom. The van der Waals surface area contributed by atoms with E-state index in [2.05, 4.69) is 25.3 Å². The molecule has 0 unspecified atom stereocenters. The van der Waals surface area contributed by atoms with Gasteiger partial charge >= 0.3 is 5.56 Å². The van der Waals surface area contributed by atoms with Gasteiger partial charge < -0.3 is 0 Å². The van der Waals surface area contributed by atoms with Gasteiger partial charge in [0, 0.05) is 13.1 Å². The SMILES string of the molecule is Cc1nc2nc[nH]n2c(=O)c1N=Nc1ccc(S(=O)(=O)N2CCCCC2)cc1. The van der Waals surface area contributed by atoms with Crippen LogP contribution in [0.1, 0.15) is 25.0 Å². The molecule has 1 aliphatic heterocycles. The maximum atomic E-state index is 12.7. The lowest BCUT2D eigenvalue weighted by molar-refractivity contribution is 0.346. The number of aromatic amines is 1. The Labute approximate surface area is 161 Å². The zero-order valence-electron chi connectivity index (χ0n) is 15.2. The second-order valence-corrected chi connectivity index (χ2v) is 8.47. The lowest BCUT2D eigenvalue weighted by Crippen LogP contribution is -2.35. The largest absolute Gasteiger partial charge is 0.302 e. The minimum Gasteiger partial charge on any atom is -0.278 e. The van der Waals surface area contributed by atoms with E-state index in [0.717, 1.165) is 19.3 Å². The van der Waals surface area contributed by atoms with Crippen LogP contribution in [0.15, 0.2) is 50.5 Å². The van der Waals surface area contributed by atoms with Gasteiger partial charge in [0.2, 0.25) is 10.0 Å². The topological polar surface area (TPSA) is 125 Å². The van der Waals surface area contributed by atoms with E-state index >= 15 is 0 Å². The summed E-state index contributed by atoms with van der Waals surface area (Å²) in [7, 11) is -3.49. The van der Waals surface area contributed by atoms with Crippen LogP contribution in [-0.2, 0) is 10.0 Å². The first kappa shape index (κ1) is 18.4. The number of azo groups is 1. The summed E-state index contributed by atoms with van der Waals surface area (Å²) in [5, 5.41) is 10.7. The number of nitrogens with zero attached hydrogens (tertiary/aromatic N) is 6. The van der Waals surface area contributed by atoms with Gasteiger partial charge in [0.25, 0.3) is 5.78 Å². The van der Waals surface area contributed by atoms with Crippen LogP contribution in [-0.4, -0.2) is 45.4 Å². The van der Waals surface area contributed by atoms with Gasteiger partial charge in [-0.15, -0.1) is 5.11 Å². The van der Waals surface area contributed by atoms with E-state index in [4.69, 9.17) is 0 Å². The molecule has 0 spiro atoms. The first-order chi connectivity index (χ1) is 13.5. The second-order valence-electron chi connectivity index (χ2n) is 6.53. The Bertz CT molecular complexity index is 1190. The van der Waals surface area contributed by atoms with E-state index in [9.17, 15) is 13.2 Å². The van der Waals surface area contributed by atoms with Crippen molar-refractivity contribution < 1.29 is 8.42 Å². The number of hydrogen-bond donors (Lipinski definition) is 1. The number of nitrogens with one attached hydrogen (secondary N) is 1. The zero-order valence-corrected chi connectivity index (χ0v) is 16.1. The molecule has 1 N–H and O–H groups in total. The number of hydrogen-bond acceptors (Lipinski definition) is 7. The summed E-state index contributed by atoms with van der Waals surface area (Å²) < 4.78 is 28.0. The Morgan fingerprint density at radius 1 is 1.07 bits per heavy atom. The third-order valence-corrected chi connectivity index (χ3v) is 6.55. The van der Waals surface area contributed by atoms with Crippen molar-refractivity contribution in [3.8, 4) is 0 Å². The van der Waals surface area contributed by atoms with Crippen LogP contribution >= 0.6 is 0 Å². The smallest absolute Gasteiger partial charge is 0.278 e. The monoisotopic (exact) mass is 401 g/mol. The standard InChI is InChI=1S/C17H19N7O3S/c1-12-15(16(25)24-17(20-12)18-11-19-24)22-21-13-5-7-14(8-6-13)28(26,27)23-9-3-2-4-10-23/h5-8,11H,2-4,9-10H2,1H3,(H,18,19,20). The molecule has 4 rings (SSSR count). The molecule has 11 heteroatoms. The highest BCUT2D eigenvalue weighted by molar-refractivity contribution is 7.89. The molecule has 0 atom stereocenters. The maximum absolute atomic E-state index is 12.7. The molecule has 0 amide bonds. The molecule has 28 heavy (non-hydrogen) atoms. The van der Waals surface area contributed by atoms with Crippen molar-refractivity contribution in [2.45, 2.75) is 31.1 Å². The van der Waals surface area contributed by atoms with Crippen LogP contribution in [0.4, 0.5) is 11.4 Å². The summed E-state index contributed by atoms with van der Waals surface area (Å²) in [4.78, 5) is 20.8. The number of rotatable bonds is 4. The van der Waals surface area contributed by atoms with Crippen molar-refractivity contribution in [2.75, 3.05) is 13.1 Å². The van der Waals surface area contributed by atoms with Crippen LogP contribution in [0.2, 0.25) is 0 Å². The Balaban J connectivity index is 1.59. The summed E-state index contributed by atoms with van der Waals surface area (Å²) in [6, 6.07) is 6.15. The molecule has 0 saturated carbocycles. The molecule has 1 aliphatic rings. The number of fused-ring (bicyclic) bond motifs is 1. The fourth-order valence-electron chi connectivity index (χ4n) is 3.11. The molecular weight excluding hydrogens is 382 g/mol. The summed E-state index contributed by atoms with van der Waals surface area (Å²) in [5.74, 6) is 0.258. The number of H-pyrrole nitrogens is 1. The average Bonchev–Trinajstić information content (AvgIpc) is 3.17. The predicted molar refractivity (Wildman–Crippen MR) is 102 cm³/mol. The summed E-state index contributed by atoms with van der Waals surface area (Å²) in [6.45, 7) is 2.75. The predicted octanol–water partition coefficient (Wildman–Crippen LogP) is 2.32. The van der Waals surface area contributed by atoms with Crippen molar-refractivity contribution >= 4 is 27.2 Å². The molecule has 1 fully saturated rings. The molecule has 146 valence electrons. The second kappa shape index (κ2) is 7.24. The highest BCUT2D eigenvalue weighted by Gasteiger charge is 2.25. The minimum absolute atomic E-state index is 0.0896. The van der Waals surface area contributed by atoms with Crippen molar-refractivity contribution in [2.24, 2.45) is 10.2 Å². The van der Waals surface area contributed by atoms with Gasteiger partial charge in [-0.1, -0.05) is 6.42 Å². The van der Waals surface area contributed by atoms with Crippen LogP contribution in [0.3, 0.4) is 0 Å². The van der Waals surface area contributed by atoms with E-state index in [1.165, 1.54) is 27.3 Å². The fraction of sp³-hybridized carbons (Fsp3) is 0.353. The molecule has 10 nitrogen and oxygen atoms in total. The quantitative estimate of drug-likeness (QED) is 0.672. The van der Waals surface area contributed by atoms with Gasteiger partial charge in [-0.05, 0) is 44.0 Å². The van der Waals surface area contributed by atoms with Crippen LogP contribution in [0.5, 0.6) is 0 Å². The summed E-state index contributed by atoms with van der Waals surface area (Å²) in [6.07, 6.45) is 4.19. The van der Waals surface area contributed by atoms with Gasteiger partial charge in [0.1, 0.15) is 6.33 Å². The maximum Gasteiger partial charge on any atom is 0.302 e. The highest BCUT2D eigenvalue weighted by Crippen LogP contribution is 2.24. The van der Waals surface area contributed by atoms with Gasteiger partial charge in [0.05, 0.1) is 16.3 Å². The number of aryl methyl sites for hydroxylation is 1. The number of sulfonamides is 1. The zero-order chi connectivity index (χ0) is 19.7. The minimum atomic E-state index is -3.49. The molecule has 1 aromatic carbocycles. The van der Waals surface area contributed by atoms with E-state index in [-0.39, 0.29) is 16.4 Å². The lowest BCUT2D eigenvalue weighted by Gasteiger charge is -2.25. The Kier molecular flexibility index (Phi) is 4.77. The van der Waals surface area contributed by atoms with Crippen LogP contribution < -0.4 is 5.56 Å². The van der Waals surface area contributed by atoms with Crippen molar-refractivity contribution in [1.82, 2.24) is 23.9 Å². The molecule has 3 heterocycles. The molecule has 0 bridgehead atoms. The van der Waals surface area contributed by atoms with Crippen molar-refractivity contribution in [3.05, 3.63) is 46.6 Å². The van der Waals surface area contributed by atoms with E-state index in [0.29, 0.717) is 24.5 Å².